The fourth-order valence-corrected chi connectivity index (χ4v) is 2.81. The first-order valence-electron chi connectivity index (χ1n) is 6.96. The molecule has 22 heavy (non-hydrogen) atoms. The molecule has 0 bridgehead atoms. The molecule has 1 aliphatic rings. The Morgan fingerprint density at radius 1 is 1.27 bits per heavy atom. The maximum absolute atomic E-state index is 12.3. The first-order valence-corrected chi connectivity index (χ1v) is 7.76. The van der Waals surface area contributed by atoms with Crippen LogP contribution in [0.5, 0.6) is 0 Å². The summed E-state index contributed by atoms with van der Waals surface area (Å²) in [5.41, 5.74) is 1.82. The lowest BCUT2D eigenvalue weighted by molar-refractivity contribution is -0.117. The second-order valence-corrected chi connectivity index (χ2v) is 5.93. The zero-order chi connectivity index (χ0) is 15.5. The van der Waals surface area contributed by atoms with Crippen LogP contribution in [0.1, 0.15) is 23.2 Å². The normalized spacial score (nSPS) is 14.2. The van der Waals surface area contributed by atoms with Crippen LogP contribution in [-0.2, 0) is 4.79 Å². The van der Waals surface area contributed by atoms with Crippen molar-refractivity contribution in [1.82, 2.24) is 4.98 Å². The zero-order valence-corrected chi connectivity index (χ0v) is 13.3. The molecule has 112 valence electrons. The van der Waals surface area contributed by atoms with Crippen LogP contribution in [0, 0.1) is 0 Å². The fraction of sp³-hybridized carbons (Fsp3) is 0.188. The summed E-state index contributed by atoms with van der Waals surface area (Å²) in [7, 11) is 0. The van der Waals surface area contributed by atoms with Gasteiger partial charge in [-0.15, -0.1) is 0 Å². The number of nitrogens with one attached hydrogen (secondary N) is 1. The molecule has 2 aromatic rings. The molecule has 2 heterocycles. The van der Waals surface area contributed by atoms with E-state index in [2.05, 4.69) is 26.2 Å². The smallest absolute Gasteiger partial charge is 0.257 e. The van der Waals surface area contributed by atoms with Gasteiger partial charge < -0.3 is 10.2 Å². The molecular formula is C16H14BrN3O2. The van der Waals surface area contributed by atoms with E-state index >= 15 is 0 Å². The molecule has 1 aliphatic heterocycles. The molecule has 0 unspecified atom stereocenters. The molecule has 3 rings (SSSR count). The monoisotopic (exact) mass is 359 g/mol. The lowest BCUT2D eigenvalue weighted by atomic mass is 10.2. The van der Waals surface area contributed by atoms with E-state index in [9.17, 15) is 9.59 Å². The number of hydrogen-bond donors (Lipinski definition) is 1. The van der Waals surface area contributed by atoms with Crippen molar-refractivity contribution in [1.29, 1.82) is 0 Å². The molecule has 1 fully saturated rings. The van der Waals surface area contributed by atoms with Crippen LogP contribution < -0.4 is 10.2 Å². The molecule has 2 amide bonds. The van der Waals surface area contributed by atoms with Crippen molar-refractivity contribution in [2.45, 2.75) is 12.8 Å². The molecule has 1 N–H and O–H groups in total. The molecule has 1 aromatic carbocycles. The van der Waals surface area contributed by atoms with Crippen molar-refractivity contribution < 1.29 is 9.59 Å². The van der Waals surface area contributed by atoms with Gasteiger partial charge in [0.25, 0.3) is 5.91 Å². The second kappa shape index (κ2) is 6.27. The third-order valence-corrected chi connectivity index (χ3v) is 3.92. The lowest BCUT2D eigenvalue weighted by Crippen LogP contribution is -2.25. The topological polar surface area (TPSA) is 62.3 Å². The summed E-state index contributed by atoms with van der Waals surface area (Å²) in [6, 6.07) is 9.03. The fourth-order valence-electron chi connectivity index (χ4n) is 2.45. The zero-order valence-electron chi connectivity index (χ0n) is 11.8. The van der Waals surface area contributed by atoms with E-state index < -0.39 is 0 Å². The van der Waals surface area contributed by atoms with Gasteiger partial charge in [0.2, 0.25) is 5.91 Å². The first-order chi connectivity index (χ1) is 10.6. The number of halogens is 1. The summed E-state index contributed by atoms with van der Waals surface area (Å²) in [6.07, 6.45) is 4.52. The Morgan fingerprint density at radius 3 is 2.82 bits per heavy atom. The highest BCUT2D eigenvalue weighted by Gasteiger charge is 2.24. The highest BCUT2D eigenvalue weighted by Crippen LogP contribution is 2.29. The SMILES string of the molecule is O=C(Nc1ccccc1N1CCCC1=O)c1cncc(Br)c1. The number of para-hydroxylation sites is 2. The molecule has 0 radical (unpaired) electrons. The highest BCUT2D eigenvalue weighted by molar-refractivity contribution is 9.10. The van der Waals surface area contributed by atoms with E-state index in [4.69, 9.17) is 0 Å². The number of amides is 2. The molecule has 0 saturated carbocycles. The average molecular weight is 360 g/mol. The van der Waals surface area contributed by atoms with Gasteiger partial charge in [-0.1, -0.05) is 12.1 Å². The summed E-state index contributed by atoms with van der Waals surface area (Å²) in [4.78, 5) is 30.0. The number of pyridine rings is 1. The maximum atomic E-state index is 12.3. The quantitative estimate of drug-likeness (QED) is 0.914. The van der Waals surface area contributed by atoms with Crippen LogP contribution in [-0.4, -0.2) is 23.3 Å². The molecule has 6 heteroatoms. The average Bonchev–Trinajstić information content (AvgIpc) is 2.94. The van der Waals surface area contributed by atoms with Crippen molar-refractivity contribution in [2.75, 3.05) is 16.8 Å². The number of nitrogens with zero attached hydrogens (tertiary/aromatic N) is 2. The Hall–Kier alpha value is -2.21. The highest BCUT2D eigenvalue weighted by atomic mass is 79.9. The summed E-state index contributed by atoms with van der Waals surface area (Å²) in [5.74, 6) is -0.168. The van der Waals surface area contributed by atoms with Gasteiger partial charge in [0.15, 0.2) is 0 Å². The number of anilines is 2. The van der Waals surface area contributed by atoms with Gasteiger partial charge in [-0.05, 0) is 40.5 Å². The molecule has 0 aliphatic carbocycles. The van der Waals surface area contributed by atoms with E-state index in [0.29, 0.717) is 24.2 Å². The van der Waals surface area contributed by atoms with Crippen LogP contribution in [0.15, 0.2) is 47.2 Å². The summed E-state index contributed by atoms with van der Waals surface area (Å²) < 4.78 is 0.739. The number of carbonyl (C=O) groups excluding carboxylic acids is 2. The van der Waals surface area contributed by atoms with Gasteiger partial charge in [-0.3, -0.25) is 14.6 Å². The molecule has 1 saturated heterocycles. The van der Waals surface area contributed by atoms with Gasteiger partial charge in [0, 0.05) is 29.8 Å². The summed E-state index contributed by atoms with van der Waals surface area (Å²) in [5, 5.41) is 2.86. The summed E-state index contributed by atoms with van der Waals surface area (Å²) in [6.45, 7) is 0.685. The number of hydrogen-bond acceptors (Lipinski definition) is 3. The van der Waals surface area contributed by atoms with E-state index in [1.165, 1.54) is 6.20 Å². The number of rotatable bonds is 3. The van der Waals surface area contributed by atoms with Crippen molar-refractivity contribution in [3.63, 3.8) is 0 Å². The Labute approximate surface area is 136 Å². The Morgan fingerprint density at radius 2 is 2.09 bits per heavy atom. The molecule has 5 nitrogen and oxygen atoms in total. The Bertz CT molecular complexity index is 733. The van der Waals surface area contributed by atoms with E-state index in [1.807, 2.05) is 18.2 Å². The largest absolute Gasteiger partial charge is 0.320 e. The minimum Gasteiger partial charge on any atom is -0.320 e. The van der Waals surface area contributed by atoms with E-state index in [-0.39, 0.29) is 11.8 Å². The van der Waals surface area contributed by atoms with Crippen LogP contribution in [0.2, 0.25) is 0 Å². The third-order valence-electron chi connectivity index (χ3n) is 3.48. The predicted molar refractivity (Wildman–Crippen MR) is 87.9 cm³/mol. The van der Waals surface area contributed by atoms with Crippen LogP contribution in [0.25, 0.3) is 0 Å². The predicted octanol–water partition coefficient (Wildman–Crippen LogP) is 3.22. The summed E-state index contributed by atoms with van der Waals surface area (Å²) >= 11 is 3.30. The van der Waals surface area contributed by atoms with Crippen molar-refractivity contribution >= 4 is 39.1 Å². The maximum Gasteiger partial charge on any atom is 0.257 e. The minimum atomic E-state index is -0.257. The third kappa shape index (κ3) is 3.01. The van der Waals surface area contributed by atoms with E-state index in [1.54, 1.807) is 23.2 Å². The van der Waals surface area contributed by atoms with E-state index in [0.717, 1.165) is 16.6 Å². The minimum absolute atomic E-state index is 0.0887. The molecule has 1 aromatic heterocycles. The van der Waals surface area contributed by atoms with Gasteiger partial charge in [0.05, 0.1) is 16.9 Å². The van der Waals surface area contributed by atoms with Crippen LogP contribution >= 0.6 is 15.9 Å². The molecular weight excluding hydrogens is 346 g/mol. The Balaban J connectivity index is 1.86. The number of carbonyl (C=O) groups is 2. The van der Waals surface area contributed by atoms with Crippen molar-refractivity contribution in [3.8, 4) is 0 Å². The van der Waals surface area contributed by atoms with Crippen LogP contribution in [0.4, 0.5) is 11.4 Å². The van der Waals surface area contributed by atoms with Gasteiger partial charge in [-0.25, -0.2) is 0 Å². The van der Waals surface area contributed by atoms with Crippen molar-refractivity contribution in [2.24, 2.45) is 0 Å². The first kappa shape index (κ1) is 14.7. The lowest BCUT2D eigenvalue weighted by Gasteiger charge is -2.19. The van der Waals surface area contributed by atoms with Crippen molar-refractivity contribution in [3.05, 3.63) is 52.8 Å². The number of aromatic nitrogens is 1. The second-order valence-electron chi connectivity index (χ2n) is 5.01. The standard InChI is InChI=1S/C16H14BrN3O2/c17-12-8-11(9-18-10-12)16(22)19-13-4-1-2-5-14(13)20-7-3-6-15(20)21/h1-2,4-5,8-10H,3,6-7H2,(H,19,22). The van der Waals surface area contributed by atoms with Crippen LogP contribution in [0.3, 0.4) is 0 Å². The van der Waals surface area contributed by atoms with Gasteiger partial charge >= 0.3 is 0 Å². The molecule has 0 atom stereocenters. The Kier molecular flexibility index (Phi) is 4.20. The van der Waals surface area contributed by atoms with Gasteiger partial charge in [0.1, 0.15) is 0 Å². The molecule has 0 spiro atoms. The van der Waals surface area contributed by atoms with Gasteiger partial charge in [-0.2, -0.15) is 0 Å². The number of benzene rings is 1.